The molecular weight excluding hydrogens is 265 g/mol. The van der Waals surface area contributed by atoms with E-state index in [0.29, 0.717) is 11.5 Å². The Morgan fingerprint density at radius 2 is 1.32 bits per heavy atom. The van der Waals surface area contributed by atoms with Crippen LogP contribution < -0.4 is 14.1 Å². The van der Waals surface area contributed by atoms with Gasteiger partial charge >= 0.3 is 7.75 Å². The highest BCUT2D eigenvalue weighted by Gasteiger charge is 2.27. The average molecular weight is 279 g/mol. The van der Waals surface area contributed by atoms with Gasteiger partial charge in [-0.2, -0.15) is 5.09 Å². The van der Waals surface area contributed by atoms with Gasteiger partial charge in [-0.1, -0.05) is 36.4 Å². The summed E-state index contributed by atoms with van der Waals surface area (Å²) in [6, 6.07) is 17.2. The third kappa shape index (κ3) is 4.10. The van der Waals surface area contributed by atoms with Crippen molar-refractivity contribution in [2.24, 2.45) is 0 Å². The van der Waals surface area contributed by atoms with Crippen LogP contribution in [0, 0.1) is 0 Å². The molecule has 2 aromatic rings. The second kappa shape index (κ2) is 6.38. The first-order valence-electron chi connectivity index (χ1n) is 5.67. The molecule has 0 aliphatic heterocycles. The fourth-order valence-corrected chi connectivity index (χ4v) is 2.55. The first-order chi connectivity index (χ1) is 9.22. The summed E-state index contributed by atoms with van der Waals surface area (Å²) < 4.78 is 23.1. The molecule has 0 amide bonds. The molecule has 0 atom stereocenters. The van der Waals surface area contributed by atoms with Gasteiger partial charge in [-0.15, -0.1) is 0 Å². The fourth-order valence-electron chi connectivity index (χ4n) is 1.41. The molecule has 0 heterocycles. The molecule has 2 rings (SSSR count). The quantitative estimate of drug-likeness (QED) is 0.628. The van der Waals surface area contributed by atoms with Crippen LogP contribution in [-0.2, 0) is 4.57 Å². The lowest BCUT2D eigenvalue weighted by molar-refractivity contribution is 0.267. The van der Waals surface area contributed by atoms with Gasteiger partial charge in [0.05, 0.1) is 0 Å². The van der Waals surface area contributed by atoms with E-state index in [1.807, 2.05) is 12.1 Å². The topological polar surface area (TPSA) is 67.8 Å². The van der Waals surface area contributed by atoms with Gasteiger partial charge in [-0.25, -0.2) is 4.57 Å². The van der Waals surface area contributed by atoms with Crippen molar-refractivity contribution in [1.82, 2.24) is 5.09 Å². The summed E-state index contributed by atoms with van der Waals surface area (Å²) in [5.74, 6) is 0.783. The van der Waals surface area contributed by atoms with Crippen molar-refractivity contribution >= 4 is 7.75 Å². The molecule has 0 fully saturated rings. The van der Waals surface area contributed by atoms with Gasteiger partial charge in [0, 0.05) is 0 Å². The van der Waals surface area contributed by atoms with Crippen molar-refractivity contribution in [3.8, 4) is 11.5 Å². The maximum Gasteiger partial charge on any atom is 0.514 e. The molecule has 0 aliphatic rings. The maximum atomic E-state index is 12.4. The van der Waals surface area contributed by atoms with E-state index in [4.69, 9.17) is 14.2 Å². The molecule has 6 heteroatoms. The van der Waals surface area contributed by atoms with Crippen LogP contribution in [0.4, 0.5) is 0 Å². The van der Waals surface area contributed by atoms with Crippen LogP contribution in [0.1, 0.15) is 0 Å². The number of nitrogens with one attached hydrogen (secondary N) is 1. The molecule has 100 valence electrons. The van der Waals surface area contributed by atoms with E-state index in [0.717, 1.165) is 0 Å². The molecule has 19 heavy (non-hydrogen) atoms. The summed E-state index contributed by atoms with van der Waals surface area (Å²) in [6.45, 7) is -0.517. The highest BCUT2D eigenvalue weighted by molar-refractivity contribution is 7.52. The van der Waals surface area contributed by atoms with Crippen LogP contribution in [0.25, 0.3) is 0 Å². The lowest BCUT2D eigenvalue weighted by Gasteiger charge is -2.19. The zero-order valence-electron chi connectivity index (χ0n) is 10.1. The molecular formula is C13H14NO4P. The van der Waals surface area contributed by atoms with E-state index in [9.17, 15) is 4.57 Å². The molecule has 2 aromatic carbocycles. The zero-order valence-corrected chi connectivity index (χ0v) is 11.0. The third-order valence-corrected chi connectivity index (χ3v) is 3.63. The summed E-state index contributed by atoms with van der Waals surface area (Å²) in [6.07, 6.45) is 0. The Bertz CT molecular complexity index is 502. The van der Waals surface area contributed by atoms with Crippen molar-refractivity contribution in [1.29, 1.82) is 0 Å². The lowest BCUT2D eigenvalue weighted by Crippen LogP contribution is -2.19. The van der Waals surface area contributed by atoms with Crippen LogP contribution in [0.5, 0.6) is 11.5 Å². The van der Waals surface area contributed by atoms with Gasteiger partial charge in [0.1, 0.15) is 18.2 Å². The molecule has 5 nitrogen and oxygen atoms in total. The smallest absolute Gasteiger partial charge is 0.405 e. The Balaban J connectivity index is 2.16. The molecule has 0 aromatic heterocycles. The Morgan fingerprint density at radius 1 is 0.895 bits per heavy atom. The first-order valence-corrected chi connectivity index (χ1v) is 7.21. The van der Waals surface area contributed by atoms with Crippen LogP contribution >= 0.6 is 7.75 Å². The summed E-state index contributed by atoms with van der Waals surface area (Å²) in [7, 11) is -3.66. The number of benzene rings is 2. The summed E-state index contributed by atoms with van der Waals surface area (Å²) in [5.41, 5.74) is 0. The van der Waals surface area contributed by atoms with Gasteiger partial charge in [0.15, 0.2) is 0 Å². The Hall–Kier alpha value is -1.81. The molecule has 0 radical (unpaired) electrons. The average Bonchev–Trinajstić information content (AvgIpc) is 2.41. The minimum atomic E-state index is -3.66. The predicted molar refractivity (Wildman–Crippen MR) is 72.0 cm³/mol. The van der Waals surface area contributed by atoms with Crippen LogP contribution in [0.15, 0.2) is 60.7 Å². The summed E-state index contributed by atoms with van der Waals surface area (Å²) in [5, 5.41) is 11.2. The van der Waals surface area contributed by atoms with Crippen LogP contribution in [0.2, 0.25) is 0 Å². The van der Waals surface area contributed by atoms with E-state index in [1.165, 1.54) is 0 Å². The van der Waals surface area contributed by atoms with Crippen molar-refractivity contribution < 1.29 is 18.7 Å². The highest BCUT2D eigenvalue weighted by atomic mass is 31.2. The second-order valence-corrected chi connectivity index (χ2v) is 5.30. The van der Waals surface area contributed by atoms with Crippen molar-refractivity contribution in [3.63, 3.8) is 0 Å². The summed E-state index contributed by atoms with van der Waals surface area (Å²) in [4.78, 5) is 0. The maximum absolute atomic E-state index is 12.4. The minimum Gasteiger partial charge on any atom is -0.405 e. The number of hydrogen-bond donors (Lipinski definition) is 2. The van der Waals surface area contributed by atoms with E-state index >= 15 is 0 Å². The van der Waals surface area contributed by atoms with Crippen LogP contribution in [0.3, 0.4) is 0 Å². The largest absolute Gasteiger partial charge is 0.514 e. The normalized spacial score (nSPS) is 11.0. The molecule has 0 spiro atoms. The SMILES string of the molecule is O=P(NCO)(Oc1ccccc1)Oc1ccccc1. The molecule has 0 saturated heterocycles. The number of aliphatic hydroxyl groups is 1. The monoisotopic (exact) mass is 279 g/mol. The first kappa shape index (κ1) is 13.6. The minimum absolute atomic E-state index is 0.391. The fraction of sp³-hybridized carbons (Fsp3) is 0.0769. The van der Waals surface area contributed by atoms with Crippen molar-refractivity contribution in [2.75, 3.05) is 6.73 Å². The lowest BCUT2D eigenvalue weighted by atomic mass is 10.3. The second-order valence-electron chi connectivity index (χ2n) is 3.62. The van der Waals surface area contributed by atoms with Gasteiger partial charge in [0.2, 0.25) is 0 Å². The van der Waals surface area contributed by atoms with Gasteiger partial charge < -0.3 is 14.2 Å². The highest BCUT2D eigenvalue weighted by Crippen LogP contribution is 2.44. The van der Waals surface area contributed by atoms with Gasteiger partial charge in [0.25, 0.3) is 0 Å². The van der Waals surface area contributed by atoms with E-state index in [1.54, 1.807) is 48.5 Å². The molecule has 2 N–H and O–H groups in total. The molecule has 0 aliphatic carbocycles. The number of aliphatic hydroxyl groups excluding tert-OH is 1. The van der Waals surface area contributed by atoms with E-state index in [2.05, 4.69) is 5.09 Å². The number of rotatable bonds is 6. The van der Waals surface area contributed by atoms with Gasteiger partial charge in [-0.05, 0) is 24.3 Å². The number of para-hydroxylation sites is 2. The Kier molecular flexibility index (Phi) is 4.58. The van der Waals surface area contributed by atoms with E-state index < -0.39 is 14.5 Å². The Morgan fingerprint density at radius 3 is 1.68 bits per heavy atom. The van der Waals surface area contributed by atoms with Crippen molar-refractivity contribution in [3.05, 3.63) is 60.7 Å². The Labute approximate surface area is 111 Å². The number of hydrogen-bond acceptors (Lipinski definition) is 4. The van der Waals surface area contributed by atoms with Crippen molar-refractivity contribution in [2.45, 2.75) is 0 Å². The van der Waals surface area contributed by atoms with Gasteiger partial charge in [-0.3, -0.25) is 0 Å². The standard InChI is InChI=1S/C13H14NO4P/c15-11-14-19(16,17-12-7-3-1-4-8-12)18-13-9-5-2-6-10-13/h1-10,15H,11H2,(H,14,16). The molecule has 0 unspecified atom stereocenters. The third-order valence-electron chi connectivity index (χ3n) is 2.20. The van der Waals surface area contributed by atoms with Crippen LogP contribution in [-0.4, -0.2) is 11.8 Å². The molecule has 0 bridgehead atoms. The zero-order chi connectivity index (χ0) is 13.6. The molecule has 0 saturated carbocycles. The summed E-state index contributed by atoms with van der Waals surface area (Å²) >= 11 is 0. The van der Waals surface area contributed by atoms with E-state index in [-0.39, 0.29) is 0 Å². The predicted octanol–water partition coefficient (Wildman–Crippen LogP) is 2.79.